The minimum Gasteiger partial charge on any atom is -0.384 e. The molecular formula is C21H29N7O2. The summed E-state index contributed by atoms with van der Waals surface area (Å²) in [6, 6.07) is 3.76. The molecule has 9 heteroatoms. The summed E-state index contributed by atoms with van der Waals surface area (Å²) in [5.74, 6) is 1.65. The van der Waals surface area contributed by atoms with Crippen LogP contribution >= 0.6 is 0 Å². The zero-order chi connectivity index (χ0) is 21.1. The molecule has 0 spiro atoms. The molecule has 2 aromatic rings. The number of ether oxygens (including phenoxy) is 1. The Morgan fingerprint density at radius 3 is 2.73 bits per heavy atom. The summed E-state index contributed by atoms with van der Waals surface area (Å²) in [5, 5.41) is 3.24. The molecule has 0 bridgehead atoms. The maximum absolute atomic E-state index is 12.7. The number of piperidine rings is 1. The summed E-state index contributed by atoms with van der Waals surface area (Å²) in [7, 11) is 0. The zero-order valence-electron chi connectivity index (χ0n) is 17.3. The number of anilines is 3. The Hall–Kier alpha value is -2.94. The molecule has 1 atom stereocenters. The van der Waals surface area contributed by atoms with Gasteiger partial charge < -0.3 is 26.4 Å². The number of nitrogens with one attached hydrogen (secondary N) is 1. The summed E-state index contributed by atoms with van der Waals surface area (Å²) in [6.45, 7) is 4.76. The molecule has 1 amide bonds. The summed E-state index contributed by atoms with van der Waals surface area (Å²) in [4.78, 5) is 28.0. The van der Waals surface area contributed by atoms with Gasteiger partial charge in [-0.15, -0.1) is 0 Å². The monoisotopic (exact) mass is 411 g/mol. The second-order valence-electron chi connectivity index (χ2n) is 8.02. The molecule has 0 aromatic carbocycles. The lowest BCUT2D eigenvalue weighted by molar-refractivity contribution is -0.128. The van der Waals surface area contributed by atoms with Crippen molar-refractivity contribution in [2.24, 2.45) is 5.92 Å². The molecular weight excluding hydrogens is 382 g/mol. The van der Waals surface area contributed by atoms with E-state index in [4.69, 9.17) is 16.2 Å². The number of hydrogen-bond donors (Lipinski definition) is 3. The van der Waals surface area contributed by atoms with Crippen molar-refractivity contribution >= 4 is 23.5 Å². The smallest absolute Gasteiger partial charge is 0.223 e. The van der Waals surface area contributed by atoms with Gasteiger partial charge in [-0.2, -0.15) is 4.98 Å². The fraction of sp³-hybridized carbons (Fsp3) is 0.524. The highest BCUT2D eigenvalue weighted by molar-refractivity contribution is 5.80. The average molecular weight is 412 g/mol. The van der Waals surface area contributed by atoms with Crippen molar-refractivity contribution in [2.75, 3.05) is 42.7 Å². The quantitative estimate of drug-likeness (QED) is 0.690. The van der Waals surface area contributed by atoms with Crippen LogP contribution in [-0.2, 0) is 9.53 Å². The molecule has 2 aliphatic rings. The van der Waals surface area contributed by atoms with Crippen molar-refractivity contribution in [1.82, 2.24) is 20.3 Å². The van der Waals surface area contributed by atoms with Crippen molar-refractivity contribution in [2.45, 2.75) is 38.6 Å². The Kier molecular flexibility index (Phi) is 5.98. The van der Waals surface area contributed by atoms with Crippen LogP contribution in [0.2, 0.25) is 0 Å². The Morgan fingerprint density at radius 2 is 2.00 bits per heavy atom. The van der Waals surface area contributed by atoms with Gasteiger partial charge in [0.15, 0.2) is 0 Å². The number of nitrogens with two attached hydrogens (primary N) is 2. The van der Waals surface area contributed by atoms with Gasteiger partial charge in [-0.05, 0) is 44.7 Å². The topological polar surface area (TPSA) is 132 Å². The van der Waals surface area contributed by atoms with Gasteiger partial charge in [0.25, 0.3) is 0 Å². The number of hydrogen-bond acceptors (Lipinski definition) is 8. The molecule has 1 unspecified atom stereocenters. The molecule has 160 valence electrons. The van der Waals surface area contributed by atoms with Crippen molar-refractivity contribution in [3.63, 3.8) is 0 Å². The molecule has 4 heterocycles. The van der Waals surface area contributed by atoms with Crippen LogP contribution in [0.15, 0.2) is 18.3 Å². The predicted molar refractivity (Wildman–Crippen MR) is 116 cm³/mol. The van der Waals surface area contributed by atoms with Crippen molar-refractivity contribution < 1.29 is 9.53 Å². The number of nitrogen functional groups attached to an aromatic ring is 2. The number of carbonyl (C=O) groups is 1. The van der Waals surface area contributed by atoms with E-state index in [-0.39, 0.29) is 23.8 Å². The van der Waals surface area contributed by atoms with Gasteiger partial charge >= 0.3 is 0 Å². The number of amides is 1. The predicted octanol–water partition coefficient (Wildman–Crippen LogP) is 1.52. The molecule has 0 aliphatic carbocycles. The van der Waals surface area contributed by atoms with Crippen LogP contribution in [0.4, 0.5) is 17.6 Å². The first-order valence-corrected chi connectivity index (χ1v) is 10.5. The maximum Gasteiger partial charge on any atom is 0.223 e. The number of aryl methyl sites for hydroxylation is 1. The summed E-state index contributed by atoms with van der Waals surface area (Å²) >= 11 is 0. The fourth-order valence-corrected chi connectivity index (χ4v) is 4.27. The Balaban J connectivity index is 1.55. The van der Waals surface area contributed by atoms with E-state index in [1.165, 1.54) is 0 Å². The number of carbonyl (C=O) groups excluding carboxylic acids is 1. The largest absolute Gasteiger partial charge is 0.384 e. The average Bonchev–Trinajstić information content (AvgIpc) is 2.75. The first-order valence-electron chi connectivity index (χ1n) is 10.5. The van der Waals surface area contributed by atoms with E-state index in [0.717, 1.165) is 54.9 Å². The van der Waals surface area contributed by atoms with Gasteiger partial charge in [-0.25, -0.2) is 9.97 Å². The number of nitrogens with zero attached hydrogens (tertiary/aromatic N) is 4. The molecule has 5 N–H and O–H groups in total. The molecule has 2 fully saturated rings. The molecule has 2 aromatic heterocycles. The molecule has 0 radical (unpaired) electrons. The molecule has 2 aliphatic heterocycles. The van der Waals surface area contributed by atoms with Crippen LogP contribution in [0.3, 0.4) is 0 Å². The van der Waals surface area contributed by atoms with E-state index >= 15 is 0 Å². The second-order valence-corrected chi connectivity index (χ2v) is 8.02. The minimum atomic E-state index is 0.0440. The first-order chi connectivity index (χ1) is 14.5. The molecule has 0 saturated carbocycles. The molecule has 30 heavy (non-hydrogen) atoms. The minimum absolute atomic E-state index is 0.0440. The van der Waals surface area contributed by atoms with Crippen LogP contribution in [0.25, 0.3) is 11.1 Å². The first kappa shape index (κ1) is 20.3. The van der Waals surface area contributed by atoms with Gasteiger partial charge in [0, 0.05) is 55.6 Å². The lowest BCUT2D eigenvalue weighted by atomic mass is 9.97. The van der Waals surface area contributed by atoms with Crippen LogP contribution in [0.5, 0.6) is 0 Å². The highest BCUT2D eigenvalue weighted by Crippen LogP contribution is 2.33. The Labute approximate surface area is 176 Å². The number of aromatic nitrogens is 3. The van der Waals surface area contributed by atoms with Gasteiger partial charge in [0.05, 0.1) is 5.69 Å². The van der Waals surface area contributed by atoms with E-state index in [2.05, 4.69) is 25.2 Å². The second kappa shape index (κ2) is 8.83. The highest BCUT2D eigenvalue weighted by Gasteiger charge is 2.28. The lowest BCUT2D eigenvalue weighted by Crippen LogP contribution is -2.50. The summed E-state index contributed by atoms with van der Waals surface area (Å²) < 4.78 is 5.37. The van der Waals surface area contributed by atoms with E-state index in [1.54, 1.807) is 12.3 Å². The molecule has 9 nitrogen and oxygen atoms in total. The summed E-state index contributed by atoms with van der Waals surface area (Å²) in [5.41, 5.74) is 14.3. The lowest BCUT2D eigenvalue weighted by Gasteiger charge is -2.36. The van der Waals surface area contributed by atoms with Crippen LogP contribution in [0.1, 0.15) is 31.4 Å². The Morgan fingerprint density at radius 1 is 1.20 bits per heavy atom. The number of rotatable bonds is 4. The van der Waals surface area contributed by atoms with Crippen LogP contribution in [0, 0.1) is 12.8 Å². The zero-order valence-corrected chi connectivity index (χ0v) is 17.3. The molecule has 2 saturated heterocycles. The van der Waals surface area contributed by atoms with E-state index in [9.17, 15) is 4.79 Å². The fourth-order valence-electron chi connectivity index (χ4n) is 4.27. The van der Waals surface area contributed by atoms with Gasteiger partial charge in [-0.1, -0.05) is 0 Å². The van der Waals surface area contributed by atoms with Crippen molar-refractivity contribution in [3.8, 4) is 11.1 Å². The van der Waals surface area contributed by atoms with E-state index in [1.807, 2.05) is 13.0 Å². The summed E-state index contributed by atoms with van der Waals surface area (Å²) in [6.07, 6.45) is 5.22. The van der Waals surface area contributed by atoms with Gasteiger partial charge in [0.1, 0.15) is 11.6 Å². The van der Waals surface area contributed by atoms with Crippen molar-refractivity contribution in [3.05, 3.63) is 24.0 Å². The van der Waals surface area contributed by atoms with E-state index in [0.29, 0.717) is 25.6 Å². The Bertz CT molecular complexity index is 897. The third-order valence-electron chi connectivity index (χ3n) is 5.82. The third-order valence-corrected chi connectivity index (χ3v) is 5.82. The SMILES string of the molecule is Cc1nc(N)nc(N2CCCC(NC(=O)C3CCOCC3)C2)c1-c1ccc(N)nc1. The molecule has 4 rings (SSSR count). The van der Waals surface area contributed by atoms with Crippen LogP contribution in [-0.4, -0.2) is 53.2 Å². The third kappa shape index (κ3) is 4.46. The van der Waals surface area contributed by atoms with Crippen molar-refractivity contribution in [1.29, 1.82) is 0 Å². The number of pyridine rings is 1. The van der Waals surface area contributed by atoms with E-state index < -0.39 is 0 Å². The maximum atomic E-state index is 12.7. The van der Waals surface area contributed by atoms with Gasteiger partial charge in [0.2, 0.25) is 11.9 Å². The standard InChI is InChI=1S/C21H29N7O2/c1-13-18(15-4-5-17(22)24-11-15)19(27-21(23)25-13)28-8-2-3-16(12-28)26-20(29)14-6-9-30-10-7-14/h4-5,11,14,16H,2-3,6-10,12H2,1H3,(H2,22,24)(H,26,29)(H2,23,25,27). The van der Waals surface area contributed by atoms with Crippen LogP contribution < -0.4 is 21.7 Å². The highest BCUT2D eigenvalue weighted by atomic mass is 16.5. The van der Waals surface area contributed by atoms with Gasteiger partial charge in [-0.3, -0.25) is 4.79 Å². The normalized spacial score (nSPS) is 20.2.